The van der Waals surface area contributed by atoms with E-state index < -0.39 is 0 Å². The second-order valence-corrected chi connectivity index (χ2v) is 6.86. The van der Waals surface area contributed by atoms with Gasteiger partial charge in [0.05, 0.1) is 12.2 Å². The maximum Gasteiger partial charge on any atom is 0.243 e. The van der Waals surface area contributed by atoms with Crippen molar-refractivity contribution in [2.24, 2.45) is 0 Å². The zero-order valence-corrected chi connectivity index (χ0v) is 16.7. The van der Waals surface area contributed by atoms with E-state index in [1.807, 2.05) is 43.3 Å². The van der Waals surface area contributed by atoms with E-state index in [1.165, 1.54) is 5.56 Å². The molecule has 0 unspecified atom stereocenters. The van der Waals surface area contributed by atoms with E-state index in [1.54, 1.807) is 0 Å². The van der Waals surface area contributed by atoms with Crippen LogP contribution in [0.25, 0.3) is 0 Å². The maximum atomic E-state index is 12.3. The molecule has 134 valence electrons. The lowest BCUT2D eigenvalue weighted by Gasteiger charge is -2.20. The molecule has 2 rings (SSSR count). The third kappa shape index (κ3) is 5.87. The van der Waals surface area contributed by atoms with E-state index in [0.29, 0.717) is 0 Å². The molecule has 0 heterocycles. The lowest BCUT2D eigenvalue weighted by Crippen LogP contribution is -2.25. The van der Waals surface area contributed by atoms with Crippen LogP contribution in [0, 0.1) is 6.92 Å². The fourth-order valence-electron chi connectivity index (χ4n) is 2.61. The molecule has 0 bridgehead atoms. The Balaban J connectivity index is 1.97. The molecule has 0 aliphatic rings. The van der Waals surface area contributed by atoms with Gasteiger partial charge in [0.2, 0.25) is 5.91 Å². The molecule has 0 radical (unpaired) electrons. The highest BCUT2D eigenvalue weighted by atomic mass is 79.9. The molecule has 0 spiro atoms. The molecule has 0 aliphatic heterocycles. The molecular weight excluding hydrogens is 378 g/mol. The molecule has 2 aromatic rings. The Morgan fingerprint density at radius 2 is 1.80 bits per heavy atom. The van der Waals surface area contributed by atoms with Crippen LogP contribution in [0.5, 0.6) is 0 Å². The zero-order valence-electron chi connectivity index (χ0n) is 15.1. The summed E-state index contributed by atoms with van der Waals surface area (Å²) < 4.78 is 0.891. The van der Waals surface area contributed by atoms with Crippen LogP contribution >= 0.6 is 15.9 Å². The average molecular weight is 404 g/mol. The molecule has 1 amide bonds. The minimum Gasteiger partial charge on any atom is -0.376 e. The van der Waals surface area contributed by atoms with Crippen LogP contribution < -0.4 is 10.6 Å². The molecule has 0 aliphatic carbocycles. The van der Waals surface area contributed by atoms with Gasteiger partial charge in [0.25, 0.3) is 0 Å². The van der Waals surface area contributed by atoms with Crippen molar-refractivity contribution in [3.63, 3.8) is 0 Å². The van der Waals surface area contributed by atoms with Crippen molar-refractivity contribution in [1.82, 2.24) is 4.90 Å². The number of halogens is 1. The topological polar surface area (TPSA) is 44.4 Å². The first-order valence-corrected chi connectivity index (χ1v) is 9.43. The van der Waals surface area contributed by atoms with Crippen LogP contribution in [-0.4, -0.2) is 30.4 Å². The van der Waals surface area contributed by atoms with Crippen LogP contribution in [0.4, 0.5) is 11.4 Å². The van der Waals surface area contributed by atoms with E-state index in [0.717, 1.165) is 41.0 Å². The summed E-state index contributed by atoms with van der Waals surface area (Å²) in [5.41, 5.74) is 4.14. The second-order valence-electron chi connectivity index (χ2n) is 6.00. The van der Waals surface area contributed by atoms with Gasteiger partial charge in [0.1, 0.15) is 0 Å². The van der Waals surface area contributed by atoms with Crippen molar-refractivity contribution in [3.8, 4) is 0 Å². The Morgan fingerprint density at radius 1 is 1.08 bits per heavy atom. The van der Waals surface area contributed by atoms with Gasteiger partial charge in [-0.25, -0.2) is 0 Å². The summed E-state index contributed by atoms with van der Waals surface area (Å²) in [6.07, 6.45) is 0. The van der Waals surface area contributed by atoms with Gasteiger partial charge in [-0.3, -0.25) is 9.69 Å². The predicted octanol–water partition coefficient (Wildman–Crippen LogP) is 4.65. The molecule has 4 nitrogen and oxygen atoms in total. The normalized spacial score (nSPS) is 10.8. The number of benzene rings is 2. The highest BCUT2D eigenvalue weighted by Gasteiger charge is 2.09. The molecule has 5 heteroatoms. The van der Waals surface area contributed by atoms with Crippen LogP contribution in [0.15, 0.2) is 46.9 Å². The van der Waals surface area contributed by atoms with Crippen molar-refractivity contribution < 1.29 is 4.79 Å². The molecular formula is C20H26BrN3O. The average Bonchev–Trinajstić information content (AvgIpc) is 2.61. The molecule has 0 saturated heterocycles. The number of rotatable bonds is 8. The number of para-hydroxylation sites is 1. The molecule has 0 saturated carbocycles. The van der Waals surface area contributed by atoms with Gasteiger partial charge < -0.3 is 10.6 Å². The highest BCUT2D eigenvalue weighted by Crippen LogP contribution is 2.23. The van der Waals surface area contributed by atoms with Crippen LogP contribution in [0.2, 0.25) is 0 Å². The SMILES string of the molecule is CCN(CC)Cc1ccccc1NCC(=O)Nc1ccc(C)cc1Br. The van der Waals surface area contributed by atoms with E-state index in [2.05, 4.69) is 51.4 Å². The van der Waals surface area contributed by atoms with Crippen molar-refractivity contribution >= 4 is 33.2 Å². The minimum atomic E-state index is -0.0674. The van der Waals surface area contributed by atoms with Crippen molar-refractivity contribution in [2.75, 3.05) is 30.3 Å². The van der Waals surface area contributed by atoms with E-state index in [9.17, 15) is 4.79 Å². The summed E-state index contributed by atoms with van der Waals surface area (Å²) >= 11 is 3.49. The first-order chi connectivity index (χ1) is 12.0. The monoisotopic (exact) mass is 403 g/mol. The molecule has 2 aromatic carbocycles. The van der Waals surface area contributed by atoms with E-state index in [-0.39, 0.29) is 12.5 Å². The van der Waals surface area contributed by atoms with Gasteiger partial charge in [-0.2, -0.15) is 0 Å². The minimum absolute atomic E-state index is 0.0674. The number of nitrogens with one attached hydrogen (secondary N) is 2. The Kier molecular flexibility index (Phi) is 7.47. The predicted molar refractivity (Wildman–Crippen MR) is 109 cm³/mol. The van der Waals surface area contributed by atoms with Gasteiger partial charge in [0.15, 0.2) is 0 Å². The largest absolute Gasteiger partial charge is 0.376 e. The lowest BCUT2D eigenvalue weighted by molar-refractivity contribution is -0.114. The lowest BCUT2D eigenvalue weighted by atomic mass is 10.1. The summed E-state index contributed by atoms with van der Waals surface area (Å²) in [6, 6.07) is 14.0. The smallest absolute Gasteiger partial charge is 0.243 e. The molecule has 25 heavy (non-hydrogen) atoms. The van der Waals surface area contributed by atoms with Gasteiger partial charge in [0, 0.05) is 16.7 Å². The van der Waals surface area contributed by atoms with Crippen molar-refractivity contribution in [1.29, 1.82) is 0 Å². The standard InChI is InChI=1S/C20H26BrN3O/c1-4-24(5-2)14-16-8-6-7-9-18(16)22-13-20(25)23-19-11-10-15(3)12-17(19)21/h6-12,22H,4-5,13-14H2,1-3H3,(H,23,25). The van der Waals surface area contributed by atoms with E-state index in [4.69, 9.17) is 0 Å². The Bertz CT molecular complexity index is 714. The van der Waals surface area contributed by atoms with Crippen LogP contribution in [-0.2, 0) is 11.3 Å². The summed E-state index contributed by atoms with van der Waals surface area (Å²) in [4.78, 5) is 14.6. The second kappa shape index (κ2) is 9.59. The van der Waals surface area contributed by atoms with Crippen LogP contribution in [0.3, 0.4) is 0 Å². The number of nitrogens with zero attached hydrogens (tertiary/aromatic N) is 1. The number of hydrogen-bond acceptors (Lipinski definition) is 3. The van der Waals surface area contributed by atoms with Crippen molar-refractivity contribution in [2.45, 2.75) is 27.3 Å². The third-order valence-corrected chi connectivity index (χ3v) is 4.80. The first kappa shape index (κ1) is 19.5. The summed E-state index contributed by atoms with van der Waals surface area (Å²) in [5, 5.41) is 6.20. The Labute approximate surface area is 158 Å². The highest BCUT2D eigenvalue weighted by molar-refractivity contribution is 9.10. The van der Waals surface area contributed by atoms with Gasteiger partial charge in [-0.05, 0) is 65.3 Å². The van der Waals surface area contributed by atoms with Gasteiger partial charge >= 0.3 is 0 Å². The number of carbonyl (C=O) groups excluding carboxylic acids is 1. The van der Waals surface area contributed by atoms with Gasteiger partial charge in [-0.15, -0.1) is 0 Å². The first-order valence-electron chi connectivity index (χ1n) is 8.63. The summed E-state index contributed by atoms with van der Waals surface area (Å²) in [7, 11) is 0. The Hall–Kier alpha value is -1.85. The van der Waals surface area contributed by atoms with Crippen molar-refractivity contribution in [3.05, 3.63) is 58.1 Å². The number of hydrogen-bond donors (Lipinski definition) is 2. The molecule has 0 aromatic heterocycles. The molecule has 2 N–H and O–H groups in total. The summed E-state index contributed by atoms with van der Waals surface area (Å²) in [6.45, 7) is 9.46. The third-order valence-electron chi connectivity index (χ3n) is 4.14. The number of aryl methyl sites for hydroxylation is 1. The zero-order chi connectivity index (χ0) is 18.2. The fraction of sp³-hybridized carbons (Fsp3) is 0.350. The van der Waals surface area contributed by atoms with E-state index >= 15 is 0 Å². The Morgan fingerprint density at radius 3 is 2.48 bits per heavy atom. The number of amides is 1. The molecule has 0 atom stereocenters. The number of anilines is 2. The summed E-state index contributed by atoms with van der Waals surface area (Å²) in [5.74, 6) is -0.0674. The van der Waals surface area contributed by atoms with Crippen LogP contribution in [0.1, 0.15) is 25.0 Å². The number of carbonyl (C=O) groups is 1. The maximum absolute atomic E-state index is 12.3. The quantitative estimate of drug-likeness (QED) is 0.673. The fourth-order valence-corrected chi connectivity index (χ4v) is 3.20. The molecule has 0 fully saturated rings. The van der Waals surface area contributed by atoms with Gasteiger partial charge in [-0.1, -0.05) is 38.1 Å².